The number of hydrogen-bond donors (Lipinski definition) is 1. The third-order valence-electron chi connectivity index (χ3n) is 4.33. The maximum absolute atomic E-state index is 11.5. The first kappa shape index (κ1) is 17.8. The molecule has 0 fully saturated rings. The zero-order chi connectivity index (χ0) is 16.1. The van der Waals surface area contributed by atoms with Gasteiger partial charge in [0.2, 0.25) is 0 Å². The van der Waals surface area contributed by atoms with Crippen LogP contribution in [0.15, 0.2) is 24.3 Å². The second kappa shape index (κ2) is 7.12. The molecule has 0 heterocycles. The lowest BCUT2D eigenvalue weighted by atomic mass is 10.2. The van der Waals surface area contributed by atoms with Crippen LogP contribution in [-0.2, 0) is 6.04 Å². The molecule has 0 atom stereocenters. The van der Waals surface area contributed by atoms with Gasteiger partial charge in [-0.25, -0.2) is 4.79 Å². The van der Waals surface area contributed by atoms with Crippen molar-refractivity contribution < 1.29 is 9.53 Å². The van der Waals surface area contributed by atoms with Crippen LogP contribution in [0, 0.1) is 0 Å². The van der Waals surface area contributed by atoms with Crippen LogP contribution in [0.2, 0.25) is 18.1 Å². The molecule has 0 aliphatic carbocycles. The highest BCUT2D eigenvalue weighted by Gasteiger charge is 2.34. The molecule has 1 amide bonds. The predicted molar refractivity (Wildman–Crippen MR) is 91.7 cm³/mol. The van der Waals surface area contributed by atoms with Gasteiger partial charge in [-0.15, -0.1) is 0 Å². The summed E-state index contributed by atoms with van der Waals surface area (Å²) >= 11 is 0. The molecular weight excluding hydrogens is 278 g/mol. The first-order valence-corrected chi connectivity index (χ1v) is 10.9. The average molecular weight is 308 g/mol. The van der Waals surface area contributed by atoms with E-state index >= 15 is 0 Å². The Balaban J connectivity index is 2.64. The van der Waals surface area contributed by atoms with Gasteiger partial charge in [-0.1, -0.05) is 58.5 Å². The van der Waals surface area contributed by atoms with E-state index in [0.29, 0.717) is 17.3 Å². The summed E-state index contributed by atoms with van der Waals surface area (Å²) in [5.74, 6) is 0.600. The Kier molecular flexibility index (Phi) is 6.02. The molecule has 1 rings (SSSR count). The van der Waals surface area contributed by atoms with Crippen LogP contribution in [0.5, 0.6) is 5.75 Å². The van der Waals surface area contributed by atoms with Crippen LogP contribution < -0.4 is 10.1 Å². The molecular formula is C17H29NO2Si. The number of nitrogens with one attached hydrogen (secondary N) is 1. The lowest BCUT2D eigenvalue weighted by Crippen LogP contribution is -2.39. The highest BCUT2D eigenvalue weighted by atomic mass is 28.3. The van der Waals surface area contributed by atoms with E-state index in [1.807, 2.05) is 19.1 Å². The minimum atomic E-state index is -1.33. The molecule has 0 spiro atoms. The summed E-state index contributed by atoms with van der Waals surface area (Å²) in [4.78, 5) is 11.5. The smallest absolute Gasteiger partial charge is 0.410 e. The summed E-state index contributed by atoms with van der Waals surface area (Å²) in [6.07, 6.45) is 0.523. The lowest BCUT2D eigenvalue weighted by Gasteiger charge is -2.37. The summed E-state index contributed by atoms with van der Waals surface area (Å²) < 4.78 is 5.23. The molecule has 0 aliphatic rings. The molecule has 21 heavy (non-hydrogen) atoms. The fourth-order valence-electron chi connectivity index (χ4n) is 1.82. The zero-order valence-electron chi connectivity index (χ0n) is 14.2. The Bertz CT molecular complexity index is 461. The Morgan fingerprint density at radius 1 is 1.19 bits per heavy atom. The number of rotatable bonds is 5. The minimum absolute atomic E-state index is 0.377. The van der Waals surface area contributed by atoms with E-state index in [1.54, 1.807) is 0 Å². The van der Waals surface area contributed by atoms with Crippen LogP contribution in [-0.4, -0.2) is 20.7 Å². The second-order valence-electron chi connectivity index (χ2n) is 7.27. The van der Waals surface area contributed by atoms with Gasteiger partial charge in [-0.05, 0) is 29.6 Å². The molecule has 0 saturated carbocycles. The highest BCUT2D eigenvalue weighted by molar-refractivity contribution is 6.79. The van der Waals surface area contributed by atoms with Crippen molar-refractivity contribution in [1.82, 2.24) is 5.32 Å². The van der Waals surface area contributed by atoms with Gasteiger partial charge in [0.25, 0.3) is 0 Å². The lowest BCUT2D eigenvalue weighted by molar-refractivity contribution is 0.200. The maximum Gasteiger partial charge on any atom is 0.412 e. The van der Waals surface area contributed by atoms with Gasteiger partial charge >= 0.3 is 6.09 Å². The first-order chi connectivity index (χ1) is 9.65. The average Bonchev–Trinajstić information content (AvgIpc) is 2.37. The first-order valence-electron chi connectivity index (χ1n) is 7.70. The summed E-state index contributed by atoms with van der Waals surface area (Å²) in [6.45, 7) is 14.5. The number of hydrogen-bond acceptors (Lipinski definition) is 2. The maximum atomic E-state index is 11.5. The standard InChI is InChI=1S/C17H29NO2Si/c1-7-12-18-16(19)20-15-10-8-14(9-11-15)13-21(5,6)17(2,3)4/h8-11H,7,12-13H2,1-6H3,(H,18,19). The quantitative estimate of drug-likeness (QED) is 0.795. The van der Waals surface area contributed by atoms with E-state index in [0.717, 1.165) is 12.5 Å². The SMILES string of the molecule is CCCNC(=O)Oc1ccc(C[Si](C)(C)C(C)(C)C)cc1. The summed E-state index contributed by atoms with van der Waals surface area (Å²) in [5.41, 5.74) is 1.32. The predicted octanol–water partition coefficient (Wildman–Crippen LogP) is 4.78. The molecule has 3 nitrogen and oxygen atoms in total. The molecule has 0 bridgehead atoms. The van der Waals surface area contributed by atoms with Crippen molar-refractivity contribution in [2.24, 2.45) is 0 Å². The van der Waals surface area contributed by atoms with E-state index in [1.165, 1.54) is 5.56 Å². The zero-order valence-corrected chi connectivity index (χ0v) is 15.2. The van der Waals surface area contributed by atoms with E-state index in [9.17, 15) is 4.79 Å². The topological polar surface area (TPSA) is 38.3 Å². The van der Waals surface area contributed by atoms with Crippen molar-refractivity contribution in [2.45, 2.75) is 58.3 Å². The van der Waals surface area contributed by atoms with Crippen LogP contribution in [0.25, 0.3) is 0 Å². The fraction of sp³-hybridized carbons (Fsp3) is 0.588. The third-order valence-corrected chi connectivity index (χ3v) is 9.68. The molecule has 1 aromatic rings. The van der Waals surface area contributed by atoms with Crippen molar-refractivity contribution in [3.05, 3.63) is 29.8 Å². The van der Waals surface area contributed by atoms with E-state index in [-0.39, 0.29) is 6.09 Å². The largest absolute Gasteiger partial charge is 0.412 e. The van der Waals surface area contributed by atoms with Gasteiger partial charge in [0.15, 0.2) is 0 Å². The van der Waals surface area contributed by atoms with Crippen molar-refractivity contribution in [3.8, 4) is 5.75 Å². The number of ether oxygens (including phenoxy) is 1. The van der Waals surface area contributed by atoms with Gasteiger partial charge in [0.1, 0.15) is 5.75 Å². The molecule has 4 heteroatoms. The van der Waals surface area contributed by atoms with Crippen LogP contribution in [0.3, 0.4) is 0 Å². The number of benzene rings is 1. The van der Waals surface area contributed by atoms with Crippen LogP contribution in [0.1, 0.15) is 39.7 Å². The van der Waals surface area contributed by atoms with Gasteiger partial charge < -0.3 is 10.1 Å². The number of amides is 1. The Morgan fingerprint density at radius 3 is 2.24 bits per heavy atom. The molecule has 0 unspecified atom stereocenters. The number of carbonyl (C=O) groups is 1. The fourth-order valence-corrected chi connectivity index (χ4v) is 3.61. The molecule has 1 aromatic carbocycles. The summed E-state index contributed by atoms with van der Waals surface area (Å²) in [6, 6.07) is 9.05. The monoisotopic (exact) mass is 307 g/mol. The summed E-state index contributed by atoms with van der Waals surface area (Å²) in [7, 11) is -1.33. The van der Waals surface area contributed by atoms with E-state index in [4.69, 9.17) is 4.74 Å². The normalized spacial score (nSPS) is 12.1. The molecule has 0 aliphatic heterocycles. The number of carbonyl (C=O) groups excluding carboxylic acids is 1. The second-order valence-corrected chi connectivity index (χ2v) is 12.9. The summed E-state index contributed by atoms with van der Waals surface area (Å²) in [5, 5.41) is 3.08. The Morgan fingerprint density at radius 2 is 1.76 bits per heavy atom. The van der Waals surface area contributed by atoms with Gasteiger partial charge in [0.05, 0.1) is 8.07 Å². The molecule has 118 valence electrons. The molecule has 0 radical (unpaired) electrons. The third kappa shape index (κ3) is 5.54. The van der Waals surface area contributed by atoms with Crippen LogP contribution >= 0.6 is 0 Å². The van der Waals surface area contributed by atoms with E-state index in [2.05, 4.69) is 51.3 Å². The van der Waals surface area contributed by atoms with Crippen molar-refractivity contribution in [2.75, 3.05) is 6.54 Å². The van der Waals surface area contributed by atoms with Crippen molar-refractivity contribution >= 4 is 14.2 Å². The van der Waals surface area contributed by atoms with Crippen LogP contribution in [0.4, 0.5) is 4.79 Å². The van der Waals surface area contributed by atoms with Gasteiger partial charge in [-0.2, -0.15) is 0 Å². The van der Waals surface area contributed by atoms with Gasteiger partial charge in [0, 0.05) is 6.54 Å². The highest BCUT2D eigenvalue weighted by Crippen LogP contribution is 2.38. The van der Waals surface area contributed by atoms with Crippen molar-refractivity contribution in [3.63, 3.8) is 0 Å². The molecule has 0 aromatic heterocycles. The van der Waals surface area contributed by atoms with Crippen molar-refractivity contribution in [1.29, 1.82) is 0 Å². The van der Waals surface area contributed by atoms with E-state index < -0.39 is 8.07 Å². The Labute approximate surface area is 130 Å². The van der Waals surface area contributed by atoms with Gasteiger partial charge in [-0.3, -0.25) is 0 Å². The molecule has 1 N–H and O–H groups in total. The minimum Gasteiger partial charge on any atom is -0.410 e. The Hall–Kier alpha value is -1.29. The molecule has 0 saturated heterocycles.